The van der Waals surface area contributed by atoms with E-state index in [1.165, 1.54) is 18.2 Å². The Morgan fingerprint density at radius 3 is 3.07 bits per heavy atom. The second-order valence-electron chi connectivity index (χ2n) is 6.50. The van der Waals surface area contributed by atoms with Gasteiger partial charge < -0.3 is 15.5 Å². The molecule has 3 rings (SSSR count). The molecule has 1 aliphatic rings. The SMILES string of the molecule is CCNC(=NCc1cc(C#N)ccc1F)NC1CCN(c2ncccc2Cl)C1. The largest absolute Gasteiger partial charge is 0.357 e. The molecule has 0 radical (unpaired) electrons. The normalized spacial score (nSPS) is 16.7. The van der Waals surface area contributed by atoms with E-state index in [1.807, 2.05) is 25.1 Å². The predicted octanol–water partition coefficient (Wildman–Crippen LogP) is 3.08. The van der Waals surface area contributed by atoms with Gasteiger partial charge >= 0.3 is 0 Å². The predicted molar refractivity (Wildman–Crippen MR) is 109 cm³/mol. The highest BCUT2D eigenvalue weighted by molar-refractivity contribution is 6.32. The van der Waals surface area contributed by atoms with Gasteiger partial charge in [-0.25, -0.2) is 14.4 Å². The Hall–Kier alpha value is -2.85. The van der Waals surface area contributed by atoms with Crippen LogP contribution in [-0.2, 0) is 6.54 Å². The number of aromatic nitrogens is 1. The number of nitrogens with one attached hydrogen (secondary N) is 2. The Bertz CT molecular complexity index is 895. The van der Waals surface area contributed by atoms with E-state index in [1.54, 1.807) is 6.20 Å². The van der Waals surface area contributed by atoms with Crippen LogP contribution in [0, 0.1) is 17.1 Å². The van der Waals surface area contributed by atoms with Crippen molar-refractivity contribution < 1.29 is 4.39 Å². The standard InChI is InChI=1S/C20H22ClFN6/c1-2-24-20(26-12-15-10-14(11-23)5-6-18(15)22)27-16-7-9-28(13-16)19-17(21)4-3-8-25-19/h3-6,8,10,16H,2,7,9,12-13H2,1H3,(H2,24,26,27). The molecule has 0 bridgehead atoms. The lowest BCUT2D eigenvalue weighted by Crippen LogP contribution is -2.44. The molecule has 2 heterocycles. The molecule has 1 aromatic carbocycles. The van der Waals surface area contributed by atoms with E-state index in [0.29, 0.717) is 28.7 Å². The van der Waals surface area contributed by atoms with Crippen LogP contribution in [0.2, 0.25) is 5.02 Å². The number of hydrogen-bond donors (Lipinski definition) is 2. The van der Waals surface area contributed by atoms with Crippen LogP contribution in [-0.4, -0.2) is 36.6 Å². The number of pyridine rings is 1. The summed E-state index contributed by atoms with van der Waals surface area (Å²) < 4.78 is 14.0. The van der Waals surface area contributed by atoms with Gasteiger partial charge in [0.05, 0.1) is 23.2 Å². The van der Waals surface area contributed by atoms with E-state index >= 15 is 0 Å². The first-order valence-electron chi connectivity index (χ1n) is 9.19. The molecule has 8 heteroatoms. The molecule has 1 aromatic heterocycles. The zero-order chi connectivity index (χ0) is 19.9. The quantitative estimate of drug-likeness (QED) is 0.595. The minimum absolute atomic E-state index is 0.152. The van der Waals surface area contributed by atoms with Crippen LogP contribution in [0.25, 0.3) is 0 Å². The van der Waals surface area contributed by atoms with Crippen LogP contribution in [0.4, 0.5) is 10.2 Å². The summed E-state index contributed by atoms with van der Waals surface area (Å²) in [6, 6.07) is 10.1. The number of rotatable bonds is 5. The molecule has 1 unspecified atom stereocenters. The van der Waals surface area contributed by atoms with Crippen LogP contribution >= 0.6 is 11.6 Å². The number of hydrogen-bond acceptors (Lipinski definition) is 4. The molecule has 28 heavy (non-hydrogen) atoms. The zero-order valence-electron chi connectivity index (χ0n) is 15.6. The van der Waals surface area contributed by atoms with Gasteiger partial charge in [0.25, 0.3) is 0 Å². The third kappa shape index (κ3) is 4.90. The maximum Gasteiger partial charge on any atom is 0.191 e. The number of halogens is 2. The molecule has 2 aromatic rings. The number of nitriles is 1. The van der Waals surface area contributed by atoms with Gasteiger partial charge in [0.15, 0.2) is 5.96 Å². The lowest BCUT2D eigenvalue weighted by molar-refractivity contribution is 0.608. The van der Waals surface area contributed by atoms with Gasteiger partial charge in [-0.1, -0.05) is 11.6 Å². The van der Waals surface area contributed by atoms with E-state index < -0.39 is 0 Å². The molecular formula is C20H22ClFN6. The first-order chi connectivity index (χ1) is 13.6. The van der Waals surface area contributed by atoms with Gasteiger partial charge in [0.2, 0.25) is 0 Å². The highest BCUT2D eigenvalue weighted by atomic mass is 35.5. The molecule has 0 spiro atoms. The summed E-state index contributed by atoms with van der Waals surface area (Å²) in [5.74, 6) is 1.03. The maximum absolute atomic E-state index is 14.0. The Morgan fingerprint density at radius 2 is 2.32 bits per heavy atom. The van der Waals surface area contributed by atoms with Crippen molar-refractivity contribution in [2.45, 2.75) is 25.9 Å². The van der Waals surface area contributed by atoms with Crippen molar-refractivity contribution in [2.75, 3.05) is 24.5 Å². The summed E-state index contributed by atoms with van der Waals surface area (Å²) in [6.45, 7) is 4.41. The molecule has 1 fully saturated rings. The van der Waals surface area contributed by atoms with Crippen LogP contribution in [0.5, 0.6) is 0 Å². The number of benzene rings is 1. The molecular weight excluding hydrogens is 379 g/mol. The topological polar surface area (TPSA) is 76.3 Å². The second-order valence-corrected chi connectivity index (χ2v) is 6.91. The van der Waals surface area contributed by atoms with Gasteiger partial charge in [0, 0.05) is 37.4 Å². The van der Waals surface area contributed by atoms with Crippen molar-refractivity contribution in [1.29, 1.82) is 5.26 Å². The van der Waals surface area contributed by atoms with Gasteiger partial charge in [-0.15, -0.1) is 0 Å². The van der Waals surface area contributed by atoms with E-state index in [9.17, 15) is 4.39 Å². The number of guanidine groups is 1. The lowest BCUT2D eigenvalue weighted by Gasteiger charge is -2.20. The first-order valence-corrected chi connectivity index (χ1v) is 9.57. The van der Waals surface area contributed by atoms with Crippen molar-refractivity contribution >= 4 is 23.4 Å². The van der Waals surface area contributed by atoms with E-state index in [0.717, 1.165) is 25.3 Å². The van der Waals surface area contributed by atoms with E-state index in [4.69, 9.17) is 16.9 Å². The molecule has 0 amide bonds. The molecule has 146 valence electrons. The average molecular weight is 401 g/mol. The molecule has 0 saturated carbocycles. The summed E-state index contributed by atoms with van der Waals surface area (Å²) in [5.41, 5.74) is 0.813. The van der Waals surface area contributed by atoms with Crippen LogP contribution in [0.1, 0.15) is 24.5 Å². The van der Waals surface area contributed by atoms with Gasteiger partial charge in [-0.05, 0) is 43.7 Å². The fourth-order valence-electron chi connectivity index (χ4n) is 3.12. The fraction of sp³-hybridized carbons (Fsp3) is 0.350. The van der Waals surface area contributed by atoms with Gasteiger partial charge in [-0.2, -0.15) is 5.26 Å². The average Bonchev–Trinajstić information content (AvgIpc) is 3.16. The van der Waals surface area contributed by atoms with E-state index in [2.05, 4.69) is 25.5 Å². The van der Waals surface area contributed by atoms with Crippen molar-refractivity contribution in [3.8, 4) is 6.07 Å². The van der Waals surface area contributed by atoms with Crippen molar-refractivity contribution in [3.05, 3.63) is 58.5 Å². The van der Waals surface area contributed by atoms with E-state index in [-0.39, 0.29) is 18.4 Å². The van der Waals surface area contributed by atoms with Crippen molar-refractivity contribution in [1.82, 2.24) is 15.6 Å². The van der Waals surface area contributed by atoms with Crippen LogP contribution < -0.4 is 15.5 Å². The lowest BCUT2D eigenvalue weighted by atomic mass is 10.1. The smallest absolute Gasteiger partial charge is 0.191 e. The molecule has 1 saturated heterocycles. The highest BCUT2D eigenvalue weighted by Gasteiger charge is 2.25. The Kier molecular flexibility index (Phi) is 6.66. The summed E-state index contributed by atoms with van der Waals surface area (Å²) in [4.78, 5) is 11.0. The summed E-state index contributed by atoms with van der Waals surface area (Å²) >= 11 is 6.25. The molecule has 6 nitrogen and oxygen atoms in total. The van der Waals surface area contributed by atoms with Crippen LogP contribution in [0.15, 0.2) is 41.5 Å². The zero-order valence-corrected chi connectivity index (χ0v) is 16.4. The number of anilines is 1. The third-order valence-electron chi connectivity index (χ3n) is 4.49. The van der Waals surface area contributed by atoms with Crippen molar-refractivity contribution in [3.63, 3.8) is 0 Å². The fourth-order valence-corrected chi connectivity index (χ4v) is 3.36. The third-order valence-corrected chi connectivity index (χ3v) is 4.79. The molecule has 1 aliphatic heterocycles. The maximum atomic E-state index is 14.0. The molecule has 2 N–H and O–H groups in total. The summed E-state index contributed by atoms with van der Waals surface area (Å²) in [6.07, 6.45) is 2.65. The monoisotopic (exact) mass is 400 g/mol. The summed E-state index contributed by atoms with van der Waals surface area (Å²) in [7, 11) is 0. The molecule has 1 atom stereocenters. The minimum Gasteiger partial charge on any atom is -0.357 e. The Labute approximate surface area is 169 Å². The number of nitrogens with zero attached hydrogens (tertiary/aromatic N) is 4. The Morgan fingerprint density at radius 1 is 1.46 bits per heavy atom. The summed E-state index contributed by atoms with van der Waals surface area (Å²) in [5, 5.41) is 16.2. The van der Waals surface area contributed by atoms with Gasteiger partial charge in [-0.3, -0.25) is 0 Å². The minimum atomic E-state index is -0.365. The second kappa shape index (κ2) is 9.38. The number of aliphatic imine (C=N–C) groups is 1. The van der Waals surface area contributed by atoms with Crippen LogP contribution in [0.3, 0.4) is 0 Å². The van der Waals surface area contributed by atoms with Gasteiger partial charge in [0.1, 0.15) is 11.6 Å². The Balaban J connectivity index is 1.66. The highest BCUT2D eigenvalue weighted by Crippen LogP contribution is 2.25. The molecule has 0 aliphatic carbocycles. The first kappa shape index (κ1) is 19.9. The van der Waals surface area contributed by atoms with Crippen molar-refractivity contribution in [2.24, 2.45) is 4.99 Å².